The third-order valence-corrected chi connectivity index (χ3v) is 6.03. The van der Waals surface area contributed by atoms with E-state index in [9.17, 15) is 8.42 Å². The minimum atomic E-state index is -3.25. The van der Waals surface area contributed by atoms with Gasteiger partial charge in [0.1, 0.15) is 0 Å². The van der Waals surface area contributed by atoms with Crippen LogP contribution in [0.3, 0.4) is 0 Å². The molecule has 6 nitrogen and oxygen atoms in total. The van der Waals surface area contributed by atoms with Crippen LogP contribution in [0.25, 0.3) is 0 Å². The summed E-state index contributed by atoms with van der Waals surface area (Å²) in [6.07, 6.45) is 3.46. The van der Waals surface area contributed by atoms with Gasteiger partial charge in [0.05, 0.1) is 11.8 Å². The number of hydrogen-bond acceptors (Lipinski definition) is 3. The maximum Gasteiger partial charge on any atom is 0.213 e. The van der Waals surface area contributed by atoms with Gasteiger partial charge in [0.15, 0.2) is 5.96 Å². The number of nitrogens with one attached hydrogen (secondary N) is 3. The first-order chi connectivity index (χ1) is 11.9. The predicted octanol–water partition coefficient (Wildman–Crippen LogP) is 2.90. The number of rotatable bonds is 8. The van der Waals surface area contributed by atoms with Crippen molar-refractivity contribution in [2.45, 2.75) is 32.2 Å². The van der Waals surface area contributed by atoms with Crippen LogP contribution in [0.2, 0.25) is 5.02 Å². The molecule has 1 aromatic rings. The third kappa shape index (κ3) is 7.98. The number of guanidine groups is 1. The summed E-state index contributed by atoms with van der Waals surface area (Å²) in [6, 6.07) is 7.60. The van der Waals surface area contributed by atoms with E-state index in [1.165, 1.54) is 6.42 Å². The van der Waals surface area contributed by atoms with Gasteiger partial charge in [-0.2, -0.15) is 0 Å². The summed E-state index contributed by atoms with van der Waals surface area (Å²) in [7, 11) is -1.59. The van der Waals surface area contributed by atoms with Crippen LogP contribution in [0.5, 0.6) is 0 Å². The Bertz CT molecular complexity index is 679. The number of halogens is 2. The third-order valence-electron chi connectivity index (χ3n) is 4.43. The van der Waals surface area contributed by atoms with Crippen molar-refractivity contribution in [1.29, 1.82) is 0 Å². The van der Waals surface area contributed by atoms with Crippen LogP contribution < -0.4 is 15.4 Å². The van der Waals surface area contributed by atoms with Crippen molar-refractivity contribution in [2.75, 3.05) is 25.9 Å². The van der Waals surface area contributed by atoms with Gasteiger partial charge in [-0.3, -0.25) is 4.99 Å². The van der Waals surface area contributed by atoms with E-state index < -0.39 is 10.0 Å². The topological polar surface area (TPSA) is 82.6 Å². The molecular formula is C17H28ClIN4O2S. The molecule has 0 bridgehead atoms. The fourth-order valence-corrected chi connectivity index (χ4v) is 3.68. The smallest absolute Gasteiger partial charge is 0.213 e. The Morgan fingerprint density at radius 3 is 2.50 bits per heavy atom. The zero-order chi connectivity index (χ0) is 18.3. The van der Waals surface area contributed by atoms with Gasteiger partial charge in [-0.05, 0) is 43.4 Å². The number of aliphatic imine (C=N–C) groups is 1. The molecule has 1 aliphatic carbocycles. The van der Waals surface area contributed by atoms with Gasteiger partial charge in [-0.25, -0.2) is 13.1 Å². The first kappa shape index (κ1) is 23.5. The number of sulfonamides is 1. The summed E-state index contributed by atoms with van der Waals surface area (Å²) in [5.74, 6) is 1.10. The number of hydrogen-bond donors (Lipinski definition) is 3. The van der Waals surface area contributed by atoms with Crippen LogP contribution in [0.15, 0.2) is 29.3 Å². The monoisotopic (exact) mass is 514 g/mol. The summed E-state index contributed by atoms with van der Waals surface area (Å²) < 4.78 is 26.7. The lowest BCUT2D eigenvalue weighted by Crippen LogP contribution is -2.42. The Labute approximate surface area is 178 Å². The molecule has 0 saturated heterocycles. The molecule has 26 heavy (non-hydrogen) atoms. The first-order valence-electron chi connectivity index (χ1n) is 8.59. The average molecular weight is 515 g/mol. The highest BCUT2D eigenvalue weighted by Gasteiger charge is 2.20. The van der Waals surface area contributed by atoms with E-state index >= 15 is 0 Å². The summed E-state index contributed by atoms with van der Waals surface area (Å²) in [5.41, 5.74) is 1.07. The molecular weight excluding hydrogens is 487 g/mol. The maximum absolute atomic E-state index is 12.0. The molecule has 1 atom stereocenters. The highest BCUT2D eigenvalue weighted by Crippen LogP contribution is 2.25. The van der Waals surface area contributed by atoms with Gasteiger partial charge in [-0.15, -0.1) is 24.0 Å². The largest absolute Gasteiger partial charge is 0.355 e. The summed E-state index contributed by atoms with van der Waals surface area (Å²) in [6.45, 7) is 2.86. The van der Waals surface area contributed by atoms with Gasteiger partial charge in [0.25, 0.3) is 0 Å². The molecule has 0 heterocycles. The molecule has 2 rings (SSSR count). The van der Waals surface area contributed by atoms with Crippen LogP contribution in [0, 0.1) is 5.92 Å². The molecule has 1 saturated carbocycles. The Morgan fingerprint density at radius 2 is 1.96 bits per heavy atom. The molecule has 148 valence electrons. The summed E-state index contributed by atoms with van der Waals surface area (Å²) in [5, 5.41) is 6.98. The van der Waals surface area contributed by atoms with Gasteiger partial charge in [-0.1, -0.05) is 30.2 Å². The molecule has 1 unspecified atom stereocenters. The highest BCUT2D eigenvalue weighted by atomic mass is 127. The fraction of sp³-hybridized carbons (Fsp3) is 0.588. The Balaban J connectivity index is 0.00000338. The lowest BCUT2D eigenvalue weighted by Gasteiger charge is -2.25. The summed E-state index contributed by atoms with van der Waals surface area (Å²) in [4.78, 5) is 4.14. The number of nitrogens with zero attached hydrogens (tertiary/aromatic N) is 1. The fourth-order valence-electron chi connectivity index (χ4n) is 2.55. The predicted molar refractivity (Wildman–Crippen MR) is 119 cm³/mol. The maximum atomic E-state index is 12.0. The molecule has 1 aromatic carbocycles. The van der Waals surface area contributed by atoms with E-state index in [1.807, 2.05) is 31.2 Å². The normalized spacial score (nSPS) is 16.3. The van der Waals surface area contributed by atoms with Crippen molar-refractivity contribution in [3.05, 3.63) is 34.9 Å². The quantitative estimate of drug-likeness (QED) is 0.283. The van der Waals surface area contributed by atoms with E-state index in [4.69, 9.17) is 11.6 Å². The molecule has 3 N–H and O–H groups in total. The van der Waals surface area contributed by atoms with Crippen molar-refractivity contribution in [2.24, 2.45) is 10.9 Å². The van der Waals surface area contributed by atoms with Crippen molar-refractivity contribution < 1.29 is 8.42 Å². The van der Waals surface area contributed by atoms with Crippen molar-refractivity contribution >= 4 is 51.6 Å². The van der Waals surface area contributed by atoms with Gasteiger partial charge < -0.3 is 10.6 Å². The van der Waals surface area contributed by atoms with Crippen LogP contribution in [0.1, 0.15) is 37.8 Å². The van der Waals surface area contributed by atoms with Crippen molar-refractivity contribution in [3.63, 3.8) is 0 Å². The SMILES string of the molecule is CN=C(NCCS(=O)(=O)NCC1CCC1)NC(C)c1ccc(Cl)cc1.I. The lowest BCUT2D eigenvalue weighted by molar-refractivity contribution is 0.316. The Morgan fingerprint density at radius 1 is 1.31 bits per heavy atom. The van der Waals surface area contributed by atoms with Crippen LogP contribution >= 0.6 is 35.6 Å². The van der Waals surface area contributed by atoms with Crippen molar-refractivity contribution in [3.8, 4) is 0 Å². The van der Waals surface area contributed by atoms with Crippen LogP contribution in [0.4, 0.5) is 0 Å². The molecule has 9 heteroatoms. The van der Waals surface area contributed by atoms with E-state index in [1.54, 1.807) is 7.05 Å². The highest BCUT2D eigenvalue weighted by molar-refractivity contribution is 14.0. The molecule has 0 spiro atoms. The molecule has 0 radical (unpaired) electrons. The summed E-state index contributed by atoms with van der Waals surface area (Å²) >= 11 is 5.90. The van der Waals surface area contributed by atoms with Gasteiger partial charge >= 0.3 is 0 Å². The van der Waals surface area contributed by atoms with Gasteiger partial charge in [0.2, 0.25) is 10.0 Å². The second kappa shape index (κ2) is 11.3. The number of benzene rings is 1. The molecule has 0 aromatic heterocycles. The molecule has 0 amide bonds. The Hall–Kier alpha value is -0.580. The van der Waals surface area contributed by atoms with Crippen molar-refractivity contribution in [1.82, 2.24) is 15.4 Å². The second-order valence-electron chi connectivity index (χ2n) is 6.38. The van der Waals surface area contributed by atoms with E-state index in [0.29, 0.717) is 30.0 Å². The Kier molecular flexibility index (Phi) is 10.2. The van der Waals surface area contributed by atoms with E-state index in [0.717, 1.165) is 18.4 Å². The second-order valence-corrected chi connectivity index (χ2v) is 8.74. The van der Waals surface area contributed by atoms with Gasteiger partial charge in [0, 0.05) is 25.2 Å². The zero-order valence-electron chi connectivity index (χ0n) is 15.2. The van der Waals surface area contributed by atoms with Crippen LogP contribution in [-0.2, 0) is 10.0 Å². The average Bonchev–Trinajstić information content (AvgIpc) is 2.52. The van der Waals surface area contributed by atoms with E-state index in [-0.39, 0.29) is 35.8 Å². The van der Waals surface area contributed by atoms with Crippen LogP contribution in [-0.4, -0.2) is 40.3 Å². The molecule has 0 aliphatic heterocycles. The molecule has 1 aliphatic rings. The zero-order valence-corrected chi connectivity index (χ0v) is 19.1. The molecule has 1 fully saturated rings. The minimum absolute atomic E-state index is 0. The minimum Gasteiger partial charge on any atom is -0.355 e. The van der Waals surface area contributed by atoms with E-state index in [2.05, 4.69) is 20.3 Å². The standard InChI is InChI=1S/C17H27ClN4O2S.HI/c1-13(15-6-8-16(18)9-7-15)22-17(19-2)20-10-11-25(23,24)21-12-14-4-3-5-14;/h6-9,13-14,21H,3-5,10-12H2,1-2H3,(H2,19,20,22);1H. The lowest BCUT2D eigenvalue weighted by atomic mass is 9.86. The first-order valence-corrected chi connectivity index (χ1v) is 10.6.